The van der Waals surface area contributed by atoms with E-state index in [9.17, 15) is 13.2 Å². The molecule has 0 saturated heterocycles. The molecule has 0 radical (unpaired) electrons. The van der Waals surface area contributed by atoms with Gasteiger partial charge in [0, 0.05) is 23.5 Å². The largest absolute Gasteiger partial charge is 0.279 e. The summed E-state index contributed by atoms with van der Waals surface area (Å²) < 4.78 is 29.5. The van der Waals surface area contributed by atoms with E-state index in [0.29, 0.717) is 30.3 Å². The Morgan fingerprint density at radius 1 is 0.923 bits per heavy atom. The molecule has 0 N–H and O–H groups in total. The number of aromatic nitrogens is 1. The van der Waals surface area contributed by atoms with Gasteiger partial charge < -0.3 is 0 Å². The van der Waals surface area contributed by atoms with Crippen molar-refractivity contribution in [1.29, 1.82) is 0 Å². The molecule has 6 nitrogen and oxygen atoms in total. The van der Waals surface area contributed by atoms with Gasteiger partial charge in [0.2, 0.25) is 10.0 Å². The lowest BCUT2D eigenvalue weighted by Crippen LogP contribution is -2.37. The van der Waals surface area contributed by atoms with Gasteiger partial charge in [-0.1, -0.05) is 69.4 Å². The first-order valence-electron chi connectivity index (χ1n) is 13.0. The molecule has 39 heavy (non-hydrogen) atoms. The first kappa shape index (κ1) is 29.3. The van der Waals surface area contributed by atoms with Crippen LogP contribution >= 0.6 is 23.1 Å². The Kier molecular flexibility index (Phi) is 9.48. The van der Waals surface area contributed by atoms with E-state index in [1.807, 2.05) is 76.4 Å². The number of thioether (sulfide) groups is 1. The third-order valence-electron chi connectivity index (χ3n) is 6.12. The topological polar surface area (TPSA) is 70.6 Å². The van der Waals surface area contributed by atoms with Gasteiger partial charge in [0.25, 0.3) is 5.91 Å². The molecule has 0 aliphatic heterocycles. The average Bonchev–Trinajstić information content (AvgIpc) is 3.34. The summed E-state index contributed by atoms with van der Waals surface area (Å²) in [6.45, 7) is 9.28. The molecule has 1 aromatic heterocycles. The lowest BCUT2D eigenvalue weighted by Gasteiger charge is -2.26. The standard InChI is InChI=1S/C30H35N3O3S3/c1-21(2)18-32(19-22(3)4)39(35,36)26-14-11-24(12-15-26)29(34)33(20-23-9-7-6-8-10-23)30-31-27-16-13-25(37-5)17-28(27)38-30/h6-17,21-22H,18-20H2,1-5H3. The number of nitrogens with zero attached hydrogens (tertiary/aromatic N) is 3. The van der Waals surface area contributed by atoms with E-state index in [-0.39, 0.29) is 22.6 Å². The highest BCUT2D eigenvalue weighted by Crippen LogP contribution is 2.33. The van der Waals surface area contributed by atoms with Crippen LogP contribution in [0.1, 0.15) is 43.6 Å². The third kappa shape index (κ3) is 7.08. The number of anilines is 1. The molecule has 0 fully saturated rings. The summed E-state index contributed by atoms with van der Waals surface area (Å²) in [5.41, 5.74) is 2.23. The van der Waals surface area contributed by atoms with Crippen LogP contribution in [0, 0.1) is 11.8 Å². The summed E-state index contributed by atoms with van der Waals surface area (Å²) in [7, 11) is -3.68. The molecular weight excluding hydrogens is 547 g/mol. The Morgan fingerprint density at radius 3 is 2.15 bits per heavy atom. The van der Waals surface area contributed by atoms with E-state index in [0.717, 1.165) is 20.7 Å². The monoisotopic (exact) mass is 581 g/mol. The van der Waals surface area contributed by atoms with E-state index in [2.05, 4.69) is 6.07 Å². The summed E-state index contributed by atoms with van der Waals surface area (Å²) in [6.07, 6.45) is 2.03. The molecule has 0 unspecified atom stereocenters. The van der Waals surface area contributed by atoms with E-state index in [4.69, 9.17) is 4.98 Å². The Balaban J connectivity index is 1.67. The van der Waals surface area contributed by atoms with Crippen LogP contribution in [-0.4, -0.2) is 43.0 Å². The Labute approximate surface area is 240 Å². The maximum atomic E-state index is 13.9. The van der Waals surface area contributed by atoms with Gasteiger partial charge >= 0.3 is 0 Å². The van der Waals surface area contributed by atoms with Crippen molar-refractivity contribution in [3.63, 3.8) is 0 Å². The first-order chi connectivity index (χ1) is 18.6. The summed E-state index contributed by atoms with van der Waals surface area (Å²) >= 11 is 3.14. The second kappa shape index (κ2) is 12.6. The van der Waals surface area contributed by atoms with Gasteiger partial charge in [-0.3, -0.25) is 9.69 Å². The van der Waals surface area contributed by atoms with Crippen LogP contribution in [0.4, 0.5) is 5.13 Å². The minimum Gasteiger partial charge on any atom is -0.279 e. The van der Waals surface area contributed by atoms with Crippen LogP contribution < -0.4 is 4.90 Å². The van der Waals surface area contributed by atoms with Crippen LogP contribution in [0.5, 0.6) is 0 Å². The molecular formula is C30H35N3O3S3. The predicted molar refractivity (Wildman–Crippen MR) is 163 cm³/mol. The highest BCUT2D eigenvalue weighted by atomic mass is 32.2. The highest BCUT2D eigenvalue weighted by molar-refractivity contribution is 7.98. The number of fused-ring (bicyclic) bond motifs is 1. The van der Waals surface area contributed by atoms with E-state index in [1.165, 1.54) is 11.3 Å². The number of carbonyl (C=O) groups is 1. The van der Waals surface area contributed by atoms with Crippen LogP contribution in [0.25, 0.3) is 10.2 Å². The number of hydrogen-bond donors (Lipinski definition) is 0. The third-order valence-corrected chi connectivity index (χ3v) is 9.73. The highest BCUT2D eigenvalue weighted by Gasteiger charge is 2.27. The summed E-state index contributed by atoms with van der Waals surface area (Å²) in [5, 5.41) is 0.605. The maximum absolute atomic E-state index is 13.9. The number of sulfonamides is 1. The molecule has 0 aliphatic carbocycles. The lowest BCUT2D eigenvalue weighted by molar-refractivity contribution is 0.0985. The molecule has 3 aromatic carbocycles. The number of rotatable bonds is 11. The van der Waals surface area contributed by atoms with Gasteiger partial charge in [0.1, 0.15) is 0 Å². The predicted octanol–water partition coefficient (Wildman–Crippen LogP) is 7.17. The zero-order chi connectivity index (χ0) is 28.2. The molecule has 1 amide bonds. The van der Waals surface area contributed by atoms with Gasteiger partial charge in [-0.15, -0.1) is 11.8 Å². The zero-order valence-electron chi connectivity index (χ0n) is 23.0. The van der Waals surface area contributed by atoms with Gasteiger partial charge in [-0.2, -0.15) is 4.31 Å². The molecule has 0 spiro atoms. The number of amides is 1. The van der Waals surface area contributed by atoms with E-state index < -0.39 is 10.0 Å². The van der Waals surface area contributed by atoms with Crippen molar-refractivity contribution in [2.24, 2.45) is 11.8 Å². The number of hydrogen-bond acceptors (Lipinski definition) is 6. The van der Waals surface area contributed by atoms with Crippen molar-refractivity contribution in [2.45, 2.75) is 44.0 Å². The van der Waals surface area contributed by atoms with Crippen LogP contribution in [0.2, 0.25) is 0 Å². The van der Waals surface area contributed by atoms with E-state index >= 15 is 0 Å². The quantitative estimate of drug-likeness (QED) is 0.176. The number of thiazole rings is 1. The number of benzene rings is 3. The fraction of sp³-hybridized carbons (Fsp3) is 0.333. The lowest BCUT2D eigenvalue weighted by atomic mass is 10.1. The second-order valence-electron chi connectivity index (χ2n) is 10.3. The van der Waals surface area contributed by atoms with Crippen molar-refractivity contribution in [3.05, 3.63) is 83.9 Å². The summed E-state index contributed by atoms with van der Waals surface area (Å²) in [5.74, 6) is 0.173. The fourth-order valence-corrected chi connectivity index (χ4v) is 7.57. The molecule has 0 atom stereocenters. The van der Waals surface area contributed by atoms with Crippen LogP contribution in [0.3, 0.4) is 0 Å². The Hall–Kier alpha value is -2.72. The molecule has 4 aromatic rings. The van der Waals surface area contributed by atoms with Crippen molar-refractivity contribution in [2.75, 3.05) is 24.2 Å². The molecule has 4 rings (SSSR count). The minimum atomic E-state index is -3.68. The first-order valence-corrected chi connectivity index (χ1v) is 16.5. The Morgan fingerprint density at radius 2 is 1.56 bits per heavy atom. The second-order valence-corrected chi connectivity index (χ2v) is 14.2. The molecule has 9 heteroatoms. The van der Waals surface area contributed by atoms with Gasteiger partial charge in [0.15, 0.2) is 5.13 Å². The normalized spacial score (nSPS) is 12.1. The zero-order valence-corrected chi connectivity index (χ0v) is 25.4. The summed E-state index contributed by atoms with van der Waals surface area (Å²) in [4.78, 5) is 21.6. The smallest absolute Gasteiger partial charge is 0.260 e. The Bertz CT molecular complexity index is 1510. The van der Waals surface area contributed by atoms with Crippen LogP contribution in [0.15, 0.2) is 82.6 Å². The van der Waals surface area contributed by atoms with Gasteiger partial charge in [-0.25, -0.2) is 13.4 Å². The van der Waals surface area contributed by atoms with E-state index in [1.54, 1.807) is 45.2 Å². The molecule has 206 valence electrons. The SMILES string of the molecule is CSc1ccc2nc(N(Cc3ccccc3)C(=O)c3ccc(S(=O)(=O)N(CC(C)C)CC(C)C)cc3)sc2c1. The minimum absolute atomic E-state index is 0.194. The van der Waals surface area contributed by atoms with Crippen molar-refractivity contribution in [3.8, 4) is 0 Å². The fourth-order valence-electron chi connectivity index (χ4n) is 4.29. The van der Waals surface area contributed by atoms with Gasteiger partial charge in [-0.05, 0) is 66.1 Å². The summed E-state index contributed by atoms with van der Waals surface area (Å²) in [6, 6.07) is 22.2. The van der Waals surface area contributed by atoms with Crippen LogP contribution in [-0.2, 0) is 16.6 Å². The average molecular weight is 582 g/mol. The van der Waals surface area contributed by atoms with Crippen molar-refractivity contribution in [1.82, 2.24) is 9.29 Å². The van der Waals surface area contributed by atoms with Crippen molar-refractivity contribution >= 4 is 54.4 Å². The molecule has 0 aliphatic rings. The number of carbonyl (C=O) groups excluding carboxylic acids is 1. The van der Waals surface area contributed by atoms with Crippen molar-refractivity contribution < 1.29 is 13.2 Å². The molecule has 0 saturated carbocycles. The molecule has 0 bridgehead atoms. The van der Waals surface area contributed by atoms with Gasteiger partial charge in [0.05, 0.1) is 21.7 Å². The maximum Gasteiger partial charge on any atom is 0.260 e. The molecule has 1 heterocycles.